The van der Waals surface area contributed by atoms with Crippen molar-refractivity contribution >= 4 is 27.9 Å². The molecule has 0 unspecified atom stereocenters. The van der Waals surface area contributed by atoms with Gasteiger partial charge in [-0.1, -0.05) is 12.8 Å². The number of hydrogen-bond acceptors (Lipinski definition) is 4. The number of amides is 1. The first-order valence-electron chi connectivity index (χ1n) is 8.41. The number of halogens is 1. The molecule has 1 aromatic carbocycles. The summed E-state index contributed by atoms with van der Waals surface area (Å²) in [5, 5.41) is 12.3. The van der Waals surface area contributed by atoms with Gasteiger partial charge in [-0.25, -0.2) is 0 Å². The van der Waals surface area contributed by atoms with Crippen LogP contribution in [0.15, 0.2) is 22.2 Å². The number of carbonyl (C=O) groups is 1. The lowest BCUT2D eigenvalue weighted by molar-refractivity contribution is -0.117. The first-order valence-corrected chi connectivity index (χ1v) is 9.20. The van der Waals surface area contributed by atoms with Crippen LogP contribution >= 0.6 is 15.9 Å². The van der Waals surface area contributed by atoms with Crippen LogP contribution in [0, 0.1) is 11.3 Å². The quantitative estimate of drug-likeness (QED) is 0.567. The van der Waals surface area contributed by atoms with Gasteiger partial charge in [-0.2, -0.15) is 5.26 Å². The highest BCUT2D eigenvalue weighted by molar-refractivity contribution is 9.10. The van der Waals surface area contributed by atoms with Gasteiger partial charge in [0.2, 0.25) is 0 Å². The summed E-state index contributed by atoms with van der Waals surface area (Å²) in [5.41, 5.74) is 0.774. The molecule has 0 spiro atoms. The molecule has 0 atom stereocenters. The summed E-state index contributed by atoms with van der Waals surface area (Å²) >= 11 is 3.47. The highest BCUT2D eigenvalue weighted by Gasteiger charge is 2.20. The lowest BCUT2D eigenvalue weighted by atomic mass is 10.1. The number of nitrogens with one attached hydrogen (secondary N) is 1. The van der Waals surface area contributed by atoms with Crippen LogP contribution in [0.5, 0.6) is 11.5 Å². The molecule has 1 N–H and O–H groups in total. The van der Waals surface area contributed by atoms with Crippen LogP contribution < -0.4 is 14.8 Å². The van der Waals surface area contributed by atoms with Crippen molar-refractivity contribution < 1.29 is 14.3 Å². The van der Waals surface area contributed by atoms with E-state index in [2.05, 4.69) is 21.2 Å². The summed E-state index contributed by atoms with van der Waals surface area (Å²) in [7, 11) is 1.56. The number of benzene rings is 1. The fourth-order valence-corrected chi connectivity index (χ4v) is 3.37. The van der Waals surface area contributed by atoms with Crippen LogP contribution in [-0.2, 0) is 4.79 Å². The molecular formula is C19H23BrN2O3. The molecular weight excluding hydrogens is 384 g/mol. The van der Waals surface area contributed by atoms with Gasteiger partial charge in [-0.05, 0) is 66.4 Å². The van der Waals surface area contributed by atoms with E-state index in [1.807, 2.05) is 19.9 Å². The molecule has 5 nitrogen and oxygen atoms in total. The molecule has 1 amide bonds. The van der Waals surface area contributed by atoms with Gasteiger partial charge >= 0.3 is 0 Å². The second-order valence-corrected chi connectivity index (χ2v) is 7.18. The molecule has 0 bridgehead atoms. The van der Waals surface area contributed by atoms with E-state index < -0.39 is 0 Å². The fraction of sp³-hybridized carbons (Fsp3) is 0.474. The van der Waals surface area contributed by atoms with Crippen LogP contribution in [0.3, 0.4) is 0 Å². The second-order valence-electron chi connectivity index (χ2n) is 6.33. The normalized spacial score (nSPS) is 15.1. The number of ether oxygens (including phenoxy) is 2. The Balaban J connectivity index is 2.26. The molecule has 0 heterocycles. The van der Waals surface area contributed by atoms with Gasteiger partial charge in [0.15, 0.2) is 11.5 Å². The van der Waals surface area contributed by atoms with Gasteiger partial charge in [0, 0.05) is 6.04 Å². The number of rotatable bonds is 6. The summed E-state index contributed by atoms with van der Waals surface area (Å²) in [6.07, 6.45) is 5.77. The van der Waals surface area contributed by atoms with E-state index in [1.165, 1.54) is 0 Å². The van der Waals surface area contributed by atoms with Crippen molar-refractivity contribution in [1.29, 1.82) is 5.26 Å². The highest BCUT2D eigenvalue weighted by atomic mass is 79.9. The number of nitriles is 1. The third-order valence-electron chi connectivity index (χ3n) is 3.97. The van der Waals surface area contributed by atoms with Crippen LogP contribution in [0.25, 0.3) is 6.08 Å². The predicted molar refractivity (Wildman–Crippen MR) is 100 cm³/mol. The number of methoxy groups -OCH3 is 1. The third kappa shape index (κ3) is 5.23. The van der Waals surface area contributed by atoms with E-state index in [-0.39, 0.29) is 23.6 Å². The van der Waals surface area contributed by atoms with E-state index in [0.29, 0.717) is 21.5 Å². The van der Waals surface area contributed by atoms with E-state index >= 15 is 0 Å². The van der Waals surface area contributed by atoms with Crippen molar-refractivity contribution in [2.45, 2.75) is 51.7 Å². The predicted octanol–water partition coefficient (Wildman–Crippen LogP) is 4.21. The maximum absolute atomic E-state index is 12.3. The van der Waals surface area contributed by atoms with Crippen molar-refractivity contribution in [3.63, 3.8) is 0 Å². The zero-order chi connectivity index (χ0) is 18.4. The molecule has 25 heavy (non-hydrogen) atoms. The molecule has 0 radical (unpaired) electrons. The Morgan fingerprint density at radius 1 is 1.40 bits per heavy atom. The molecule has 1 aliphatic rings. The summed E-state index contributed by atoms with van der Waals surface area (Å²) in [6, 6.07) is 5.72. The second kappa shape index (κ2) is 8.91. The maximum atomic E-state index is 12.3. The first kappa shape index (κ1) is 19.3. The van der Waals surface area contributed by atoms with Crippen molar-refractivity contribution in [3.05, 3.63) is 27.7 Å². The third-order valence-corrected chi connectivity index (χ3v) is 4.56. The summed E-state index contributed by atoms with van der Waals surface area (Å²) < 4.78 is 11.8. The molecule has 2 rings (SSSR count). The summed E-state index contributed by atoms with van der Waals surface area (Å²) in [4.78, 5) is 12.3. The van der Waals surface area contributed by atoms with Gasteiger partial charge in [0.05, 0.1) is 17.7 Å². The average molecular weight is 407 g/mol. The first-order chi connectivity index (χ1) is 11.9. The van der Waals surface area contributed by atoms with Gasteiger partial charge in [-0.15, -0.1) is 0 Å². The average Bonchev–Trinajstić information content (AvgIpc) is 3.07. The van der Waals surface area contributed by atoms with Gasteiger partial charge < -0.3 is 14.8 Å². The Morgan fingerprint density at radius 3 is 2.64 bits per heavy atom. The summed E-state index contributed by atoms with van der Waals surface area (Å²) in [6.45, 7) is 3.86. The van der Waals surface area contributed by atoms with Crippen molar-refractivity contribution in [3.8, 4) is 17.6 Å². The summed E-state index contributed by atoms with van der Waals surface area (Å²) in [5.74, 6) is 0.818. The van der Waals surface area contributed by atoms with E-state index in [9.17, 15) is 10.1 Å². The van der Waals surface area contributed by atoms with Crippen LogP contribution in [-0.4, -0.2) is 25.2 Å². The van der Waals surface area contributed by atoms with Crippen LogP contribution in [0.4, 0.5) is 0 Å². The molecule has 0 saturated heterocycles. The molecule has 1 aliphatic carbocycles. The number of hydrogen-bond donors (Lipinski definition) is 1. The standard InChI is InChI=1S/C19H23BrN2O3/c1-12(2)25-18-16(20)9-13(10-17(18)24-3)8-14(11-21)19(23)22-15-6-4-5-7-15/h8-10,12,15H,4-7H2,1-3H3,(H,22,23)/b14-8-. The SMILES string of the molecule is COc1cc(/C=C(/C#N)C(=O)NC2CCCC2)cc(Br)c1OC(C)C. The minimum atomic E-state index is -0.327. The van der Waals surface area contributed by atoms with E-state index in [1.54, 1.807) is 25.3 Å². The van der Waals surface area contributed by atoms with Gasteiger partial charge in [0.1, 0.15) is 11.6 Å². The minimum absolute atomic E-state index is 0.00143. The number of carbonyl (C=O) groups excluding carboxylic acids is 1. The molecule has 1 aromatic rings. The zero-order valence-electron chi connectivity index (χ0n) is 14.8. The molecule has 1 saturated carbocycles. The fourth-order valence-electron chi connectivity index (χ4n) is 2.82. The van der Waals surface area contributed by atoms with E-state index in [4.69, 9.17) is 9.47 Å². The molecule has 134 valence electrons. The van der Waals surface area contributed by atoms with Gasteiger partial charge in [0.25, 0.3) is 5.91 Å². The Hall–Kier alpha value is -2.00. The molecule has 0 aromatic heterocycles. The maximum Gasteiger partial charge on any atom is 0.262 e. The molecule has 0 aliphatic heterocycles. The van der Waals surface area contributed by atoms with Crippen molar-refractivity contribution in [2.24, 2.45) is 0 Å². The topological polar surface area (TPSA) is 71.3 Å². The highest BCUT2D eigenvalue weighted by Crippen LogP contribution is 2.37. The minimum Gasteiger partial charge on any atom is -0.493 e. The Bertz CT molecular complexity index is 701. The lowest BCUT2D eigenvalue weighted by Gasteiger charge is -2.16. The molecule has 6 heteroatoms. The van der Waals surface area contributed by atoms with Crippen molar-refractivity contribution in [1.82, 2.24) is 5.32 Å². The monoisotopic (exact) mass is 406 g/mol. The smallest absolute Gasteiger partial charge is 0.262 e. The van der Waals surface area contributed by atoms with E-state index in [0.717, 1.165) is 25.7 Å². The molecule has 1 fully saturated rings. The van der Waals surface area contributed by atoms with Crippen LogP contribution in [0.1, 0.15) is 45.1 Å². The Kier molecular flexibility index (Phi) is 6.89. The Morgan fingerprint density at radius 2 is 2.08 bits per heavy atom. The van der Waals surface area contributed by atoms with Crippen molar-refractivity contribution in [2.75, 3.05) is 7.11 Å². The lowest BCUT2D eigenvalue weighted by Crippen LogP contribution is -2.33. The zero-order valence-corrected chi connectivity index (χ0v) is 16.4. The van der Waals surface area contributed by atoms with Gasteiger partial charge in [-0.3, -0.25) is 4.79 Å². The largest absolute Gasteiger partial charge is 0.493 e. The van der Waals surface area contributed by atoms with Crippen LogP contribution in [0.2, 0.25) is 0 Å². The number of nitrogens with zero attached hydrogens (tertiary/aromatic N) is 1. The Labute approximate surface area is 157 Å².